The van der Waals surface area contributed by atoms with Gasteiger partial charge in [-0.05, 0) is 38.1 Å². The van der Waals surface area contributed by atoms with E-state index in [-0.39, 0.29) is 25.4 Å². The molecule has 0 radical (unpaired) electrons. The number of hydrogen-bond donors (Lipinski definition) is 0. The number of benzene rings is 1. The Labute approximate surface area is 165 Å². The van der Waals surface area contributed by atoms with Gasteiger partial charge in [-0.2, -0.15) is 31.8 Å². The summed E-state index contributed by atoms with van der Waals surface area (Å²) in [6.07, 6.45) is -2.87. The van der Waals surface area contributed by atoms with Gasteiger partial charge in [0.1, 0.15) is 17.1 Å². The maximum atomic E-state index is 13.1. The van der Waals surface area contributed by atoms with Crippen LogP contribution in [0.25, 0.3) is 11.3 Å². The number of hydrogen-bond acceptors (Lipinski definition) is 4. The van der Waals surface area contributed by atoms with Crippen molar-refractivity contribution in [3.8, 4) is 11.3 Å². The fourth-order valence-electron chi connectivity index (χ4n) is 3.20. The molecular weight excluding hydrogens is 393 g/mol. The maximum absolute atomic E-state index is 13.1. The van der Waals surface area contributed by atoms with E-state index in [1.165, 1.54) is 17.0 Å². The van der Waals surface area contributed by atoms with Gasteiger partial charge in [0.15, 0.2) is 0 Å². The molecule has 0 saturated heterocycles. The second kappa shape index (κ2) is 7.01. The van der Waals surface area contributed by atoms with Gasteiger partial charge in [0.2, 0.25) is 0 Å². The van der Waals surface area contributed by atoms with Crippen molar-refractivity contribution < 1.29 is 22.5 Å². The minimum absolute atomic E-state index is 0. The molecule has 1 amide bonds. The Morgan fingerprint density at radius 2 is 1.89 bits per heavy atom. The zero-order chi connectivity index (χ0) is 19.3. The van der Waals surface area contributed by atoms with Crippen molar-refractivity contribution in [2.75, 3.05) is 11.4 Å². The van der Waals surface area contributed by atoms with Gasteiger partial charge >= 0.3 is 6.18 Å². The van der Waals surface area contributed by atoms with E-state index in [1.807, 2.05) is 6.92 Å². The number of alkyl halides is 3. The highest BCUT2D eigenvalue weighted by Crippen LogP contribution is 2.34. The molecule has 2 aromatic heterocycles. The van der Waals surface area contributed by atoms with Crippen LogP contribution in [-0.2, 0) is 6.18 Å². The number of carbonyl (C=O) groups excluding carboxylic acids is 1. The van der Waals surface area contributed by atoms with Gasteiger partial charge in [-0.3, -0.25) is 9.48 Å². The fourth-order valence-corrected chi connectivity index (χ4v) is 3.20. The van der Waals surface area contributed by atoms with E-state index in [0.717, 1.165) is 12.1 Å². The van der Waals surface area contributed by atoms with Crippen molar-refractivity contribution in [3.05, 3.63) is 53.5 Å². The molecule has 1 atom stereocenters. The number of nitrogens with zero attached hydrogens (tertiary/aromatic N) is 4. The first-order valence-electron chi connectivity index (χ1n) is 8.26. The molecule has 1 aliphatic rings. The van der Waals surface area contributed by atoms with Gasteiger partial charge in [0, 0.05) is 18.3 Å². The highest BCUT2D eigenvalue weighted by atomic mass is 32.1. The van der Waals surface area contributed by atoms with Gasteiger partial charge in [0.25, 0.3) is 5.91 Å². The first kappa shape index (κ1) is 20.0. The molecule has 0 fully saturated rings. The van der Waals surface area contributed by atoms with E-state index in [9.17, 15) is 18.0 Å². The number of rotatable bonds is 2. The highest BCUT2D eigenvalue weighted by molar-refractivity contribution is 7.59. The summed E-state index contributed by atoms with van der Waals surface area (Å²) >= 11 is 0. The lowest BCUT2D eigenvalue weighted by molar-refractivity contribution is -0.137. The zero-order valence-electron chi connectivity index (χ0n) is 15.0. The largest absolute Gasteiger partial charge is 0.416 e. The Balaban J connectivity index is 0.00000225. The summed E-state index contributed by atoms with van der Waals surface area (Å²) in [6.45, 7) is 3.93. The monoisotopic (exact) mass is 410 g/mol. The molecule has 10 heteroatoms. The molecule has 0 N–H and O–H groups in total. The summed E-state index contributed by atoms with van der Waals surface area (Å²) < 4.78 is 45.1. The van der Waals surface area contributed by atoms with E-state index in [0.29, 0.717) is 34.9 Å². The van der Waals surface area contributed by atoms with Crippen LogP contribution in [-0.4, -0.2) is 27.4 Å². The smallest absolute Gasteiger partial charge is 0.361 e. The average molecular weight is 410 g/mol. The summed E-state index contributed by atoms with van der Waals surface area (Å²) in [4.78, 5) is 14.5. The molecular formula is C18H17F3N4O2S. The van der Waals surface area contributed by atoms with Crippen molar-refractivity contribution in [1.29, 1.82) is 0 Å². The molecule has 0 bridgehead atoms. The predicted molar refractivity (Wildman–Crippen MR) is 101 cm³/mol. The summed E-state index contributed by atoms with van der Waals surface area (Å²) in [5.41, 5.74) is 0.993. The van der Waals surface area contributed by atoms with E-state index >= 15 is 0 Å². The lowest BCUT2D eigenvalue weighted by Gasteiger charge is -2.32. The first-order chi connectivity index (χ1) is 12.8. The van der Waals surface area contributed by atoms with Crippen LogP contribution < -0.4 is 4.90 Å². The standard InChI is InChI=1S/C18H15F3N4O2.H2S/c1-10-9-24(13-5-3-12(4-6-13)18(19,20)21)17(26)16-14(8-22-25(10)16)15-7-11(2)27-23-15;/h3-8,10H,9H2,1-2H3;1H2/t10-;/m0./s1. The number of aromatic nitrogens is 3. The van der Waals surface area contributed by atoms with E-state index in [4.69, 9.17) is 4.52 Å². The number of amides is 1. The van der Waals surface area contributed by atoms with Crippen LogP contribution in [0, 0.1) is 6.92 Å². The topological polar surface area (TPSA) is 64.2 Å². The molecule has 1 aromatic carbocycles. The number of carbonyl (C=O) groups is 1. The summed E-state index contributed by atoms with van der Waals surface area (Å²) in [5, 5.41) is 8.23. The third-order valence-electron chi connectivity index (χ3n) is 4.52. The lowest BCUT2D eigenvalue weighted by Crippen LogP contribution is -2.42. The predicted octanol–water partition coefficient (Wildman–Crippen LogP) is 4.20. The molecule has 0 aliphatic carbocycles. The minimum Gasteiger partial charge on any atom is -0.361 e. The van der Waals surface area contributed by atoms with E-state index in [1.54, 1.807) is 23.9 Å². The summed E-state index contributed by atoms with van der Waals surface area (Å²) in [7, 11) is 0. The van der Waals surface area contributed by atoms with Gasteiger partial charge in [-0.15, -0.1) is 0 Å². The Bertz CT molecular complexity index is 1010. The average Bonchev–Trinajstić information content (AvgIpc) is 3.24. The third kappa shape index (κ3) is 3.28. The Morgan fingerprint density at radius 1 is 1.21 bits per heavy atom. The molecule has 4 rings (SSSR count). The number of halogens is 3. The molecule has 0 saturated carbocycles. The van der Waals surface area contributed by atoms with Gasteiger partial charge < -0.3 is 9.42 Å². The highest BCUT2D eigenvalue weighted by Gasteiger charge is 2.35. The summed E-state index contributed by atoms with van der Waals surface area (Å²) in [6, 6.07) is 6.11. The van der Waals surface area contributed by atoms with Gasteiger partial charge in [0.05, 0.1) is 23.4 Å². The first-order valence-corrected chi connectivity index (χ1v) is 8.26. The number of anilines is 1. The fraction of sp³-hybridized carbons (Fsp3) is 0.278. The quantitative estimate of drug-likeness (QED) is 0.635. The molecule has 6 nitrogen and oxygen atoms in total. The minimum atomic E-state index is -4.42. The molecule has 28 heavy (non-hydrogen) atoms. The van der Waals surface area contributed by atoms with Crippen LogP contribution in [0.5, 0.6) is 0 Å². The zero-order valence-corrected chi connectivity index (χ0v) is 16.0. The van der Waals surface area contributed by atoms with Crippen LogP contribution in [0.4, 0.5) is 18.9 Å². The Hall–Kier alpha value is -2.75. The van der Waals surface area contributed by atoms with Crippen LogP contribution in [0.2, 0.25) is 0 Å². The molecule has 148 valence electrons. The van der Waals surface area contributed by atoms with Crippen molar-refractivity contribution in [2.24, 2.45) is 0 Å². The summed E-state index contributed by atoms with van der Waals surface area (Å²) in [5.74, 6) is 0.252. The Kier molecular flexibility index (Phi) is 5.00. The second-order valence-corrected chi connectivity index (χ2v) is 6.48. The number of fused-ring (bicyclic) bond motifs is 1. The van der Waals surface area contributed by atoms with Crippen molar-refractivity contribution in [2.45, 2.75) is 26.1 Å². The van der Waals surface area contributed by atoms with Crippen LogP contribution >= 0.6 is 13.5 Å². The van der Waals surface area contributed by atoms with Crippen molar-refractivity contribution in [3.63, 3.8) is 0 Å². The number of aryl methyl sites for hydroxylation is 1. The van der Waals surface area contributed by atoms with Crippen molar-refractivity contribution in [1.82, 2.24) is 14.9 Å². The van der Waals surface area contributed by atoms with Gasteiger partial charge in [-0.25, -0.2) is 0 Å². The second-order valence-electron chi connectivity index (χ2n) is 6.48. The molecule has 3 aromatic rings. The van der Waals surface area contributed by atoms with Crippen LogP contribution in [0.1, 0.15) is 34.8 Å². The Morgan fingerprint density at radius 3 is 2.46 bits per heavy atom. The third-order valence-corrected chi connectivity index (χ3v) is 4.52. The van der Waals surface area contributed by atoms with Crippen LogP contribution in [0.3, 0.4) is 0 Å². The molecule has 0 unspecified atom stereocenters. The molecule has 1 aliphatic heterocycles. The van der Waals surface area contributed by atoms with Crippen LogP contribution in [0.15, 0.2) is 41.1 Å². The maximum Gasteiger partial charge on any atom is 0.416 e. The van der Waals surface area contributed by atoms with E-state index in [2.05, 4.69) is 10.3 Å². The van der Waals surface area contributed by atoms with E-state index < -0.39 is 11.7 Å². The molecule has 3 heterocycles. The lowest BCUT2D eigenvalue weighted by atomic mass is 10.1. The molecule has 0 spiro atoms. The SMILES string of the molecule is Cc1cc(-c2cnn3c2C(=O)N(c2ccc(C(F)(F)F)cc2)C[C@@H]3C)no1.S. The van der Waals surface area contributed by atoms with Crippen molar-refractivity contribution >= 4 is 25.1 Å². The van der Waals surface area contributed by atoms with Gasteiger partial charge in [-0.1, -0.05) is 5.16 Å². The normalized spacial score (nSPS) is 16.7.